The minimum Gasteiger partial charge on any atom is -0.478 e. The van der Waals surface area contributed by atoms with Crippen molar-refractivity contribution >= 4 is 11.8 Å². The molecule has 3 heterocycles. The Morgan fingerprint density at radius 1 is 0.840 bits per heavy atom. The molecule has 25 heavy (non-hydrogen) atoms. The van der Waals surface area contributed by atoms with Crippen LogP contribution in [0.25, 0.3) is 0 Å². The molecule has 0 aromatic carbocycles. The molecule has 3 rings (SSSR count). The second-order valence-corrected chi connectivity index (χ2v) is 9.29. The van der Waals surface area contributed by atoms with Gasteiger partial charge in [0.15, 0.2) is 11.8 Å². The zero-order valence-corrected chi connectivity index (χ0v) is 16.3. The molecule has 0 unspecified atom stereocenters. The molecule has 1 aromatic rings. The Labute approximate surface area is 150 Å². The summed E-state index contributed by atoms with van der Waals surface area (Å²) >= 11 is 0. The molecule has 0 radical (unpaired) electrons. The molecule has 0 fully saturated rings. The van der Waals surface area contributed by atoms with E-state index in [1.807, 2.05) is 0 Å². The number of aromatic nitrogens is 1. The van der Waals surface area contributed by atoms with Gasteiger partial charge in [0, 0.05) is 11.4 Å². The summed E-state index contributed by atoms with van der Waals surface area (Å²) in [5.74, 6) is 1.66. The van der Waals surface area contributed by atoms with E-state index in [0.717, 1.165) is 23.2 Å². The third-order valence-electron chi connectivity index (χ3n) is 4.90. The van der Waals surface area contributed by atoms with Crippen LogP contribution in [0.15, 0.2) is 22.1 Å². The molecule has 1 aromatic heterocycles. The number of hydrogen-bond acceptors (Lipinski definition) is 4. The molecule has 1 N–H and O–H groups in total. The van der Waals surface area contributed by atoms with Crippen LogP contribution in [0.5, 0.6) is 0 Å². The molecule has 0 aliphatic carbocycles. The summed E-state index contributed by atoms with van der Waals surface area (Å²) in [6, 6.07) is 4.69. The predicted octanol–water partition coefficient (Wildman–Crippen LogP) is 3.79. The maximum atomic E-state index is 5.77. The predicted molar refractivity (Wildman–Crippen MR) is 101 cm³/mol. The van der Waals surface area contributed by atoms with Crippen molar-refractivity contribution in [3.8, 4) is 0 Å². The minimum absolute atomic E-state index is 0.143. The lowest BCUT2D eigenvalue weighted by Crippen LogP contribution is -2.25. The highest BCUT2D eigenvalue weighted by Gasteiger charge is 2.31. The maximum absolute atomic E-state index is 5.77. The van der Waals surface area contributed by atoms with Gasteiger partial charge in [0.25, 0.3) is 0 Å². The number of nitrogens with zero attached hydrogens (tertiary/aromatic N) is 2. The number of rotatable bonds is 4. The second kappa shape index (κ2) is 6.50. The number of H-pyrrole nitrogens is 1. The molecule has 0 spiro atoms. The molecule has 0 saturated carbocycles. The summed E-state index contributed by atoms with van der Waals surface area (Å²) in [6.07, 6.45) is 1.43. The van der Waals surface area contributed by atoms with E-state index in [0.29, 0.717) is 26.1 Å². The van der Waals surface area contributed by atoms with Gasteiger partial charge in [-0.15, -0.1) is 0 Å². The van der Waals surface area contributed by atoms with Crippen LogP contribution in [0, 0.1) is 10.8 Å². The van der Waals surface area contributed by atoms with Gasteiger partial charge in [-0.1, -0.05) is 41.5 Å². The van der Waals surface area contributed by atoms with Gasteiger partial charge >= 0.3 is 0 Å². The standard InChI is InChI=1S/C20H31N3O2/c1-19(2,3)15-11-24-17(22-15)9-13-7-8-14(21-13)10-18-23-16(12-25-18)20(4,5)6/h7-8,15-16,21H,9-12H2,1-6H3/t15-,16-/m1/s1. The number of aromatic amines is 1. The topological polar surface area (TPSA) is 59.0 Å². The van der Waals surface area contributed by atoms with E-state index in [1.54, 1.807) is 0 Å². The third-order valence-corrected chi connectivity index (χ3v) is 4.90. The van der Waals surface area contributed by atoms with Crippen LogP contribution in [0.2, 0.25) is 0 Å². The van der Waals surface area contributed by atoms with Crippen molar-refractivity contribution < 1.29 is 9.47 Å². The van der Waals surface area contributed by atoms with Crippen LogP contribution >= 0.6 is 0 Å². The minimum atomic E-state index is 0.143. The smallest absolute Gasteiger partial charge is 0.189 e. The largest absolute Gasteiger partial charge is 0.478 e. The first-order chi connectivity index (χ1) is 11.6. The summed E-state index contributed by atoms with van der Waals surface area (Å²) in [5.41, 5.74) is 2.53. The quantitative estimate of drug-likeness (QED) is 0.902. The summed E-state index contributed by atoms with van der Waals surface area (Å²) in [4.78, 5) is 12.9. The molecule has 138 valence electrons. The molecule has 5 nitrogen and oxygen atoms in total. The number of hydrogen-bond donors (Lipinski definition) is 1. The van der Waals surface area contributed by atoms with Crippen LogP contribution in [0.1, 0.15) is 52.9 Å². The van der Waals surface area contributed by atoms with Gasteiger partial charge in [0.05, 0.1) is 24.9 Å². The molecular formula is C20H31N3O2. The molecule has 0 amide bonds. The van der Waals surface area contributed by atoms with Crippen LogP contribution in [-0.4, -0.2) is 42.1 Å². The Balaban J connectivity index is 1.59. The molecule has 2 aliphatic heterocycles. The zero-order valence-electron chi connectivity index (χ0n) is 16.3. The van der Waals surface area contributed by atoms with Gasteiger partial charge in [-0.3, -0.25) is 0 Å². The van der Waals surface area contributed by atoms with E-state index in [4.69, 9.17) is 19.5 Å². The van der Waals surface area contributed by atoms with Crippen LogP contribution in [0.3, 0.4) is 0 Å². The number of nitrogens with one attached hydrogen (secondary N) is 1. The van der Waals surface area contributed by atoms with Crippen molar-refractivity contribution in [1.82, 2.24) is 4.98 Å². The monoisotopic (exact) mass is 345 g/mol. The van der Waals surface area contributed by atoms with Crippen molar-refractivity contribution in [2.45, 2.75) is 66.5 Å². The van der Waals surface area contributed by atoms with Crippen LogP contribution in [-0.2, 0) is 22.3 Å². The highest BCUT2D eigenvalue weighted by Crippen LogP contribution is 2.27. The van der Waals surface area contributed by atoms with Crippen molar-refractivity contribution in [1.29, 1.82) is 0 Å². The van der Waals surface area contributed by atoms with Gasteiger partial charge < -0.3 is 14.5 Å². The fourth-order valence-corrected chi connectivity index (χ4v) is 2.95. The maximum Gasteiger partial charge on any atom is 0.189 e. The normalized spacial score (nSPS) is 23.9. The van der Waals surface area contributed by atoms with Gasteiger partial charge in [-0.05, 0) is 23.0 Å². The Bertz CT molecular complexity index is 617. The molecule has 0 saturated heterocycles. The highest BCUT2D eigenvalue weighted by atomic mass is 16.5. The van der Waals surface area contributed by atoms with Gasteiger partial charge in [0.2, 0.25) is 0 Å². The summed E-state index contributed by atoms with van der Waals surface area (Å²) in [5, 5.41) is 0. The van der Waals surface area contributed by atoms with Crippen molar-refractivity contribution in [3.63, 3.8) is 0 Å². The Kier molecular flexibility index (Phi) is 4.69. The third kappa shape index (κ3) is 4.44. The summed E-state index contributed by atoms with van der Waals surface area (Å²) in [7, 11) is 0. The van der Waals surface area contributed by atoms with Crippen LogP contribution < -0.4 is 0 Å². The Morgan fingerprint density at radius 3 is 1.56 bits per heavy atom. The second-order valence-electron chi connectivity index (χ2n) is 9.29. The summed E-state index contributed by atoms with van der Waals surface area (Å²) < 4.78 is 11.5. The average molecular weight is 345 g/mol. The van der Waals surface area contributed by atoms with Gasteiger partial charge in [0.1, 0.15) is 13.2 Å². The lowest BCUT2D eigenvalue weighted by atomic mass is 9.88. The van der Waals surface area contributed by atoms with E-state index in [-0.39, 0.29) is 22.9 Å². The van der Waals surface area contributed by atoms with Gasteiger partial charge in [-0.25, -0.2) is 9.98 Å². The van der Waals surface area contributed by atoms with E-state index in [2.05, 4.69) is 58.7 Å². The first-order valence-electron chi connectivity index (χ1n) is 9.17. The van der Waals surface area contributed by atoms with E-state index in [1.165, 1.54) is 0 Å². The first-order valence-corrected chi connectivity index (χ1v) is 9.17. The molecular weight excluding hydrogens is 314 g/mol. The Morgan fingerprint density at radius 2 is 1.24 bits per heavy atom. The lowest BCUT2D eigenvalue weighted by molar-refractivity contribution is 0.233. The fourth-order valence-electron chi connectivity index (χ4n) is 2.95. The first kappa shape index (κ1) is 18.0. The van der Waals surface area contributed by atoms with E-state index < -0.39 is 0 Å². The van der Waals surface area contributed by atoms with Gasteiger partial charge in [-0.2, -0.15) is 0 Å². The SMILES string of the molecule is CC(C)(C)[C@H]1COC(Cc2ccc(CC3=N[C@@H](C(C)(C)C)CO3)[nH]2)=N1. The average Bonchev–Trinajstić information content (AvgIpc) is 3.19. The number of aliphatic imine (C=N–C) groups is 2. The number of ether oxygens (including phenoxy) is 2. The van der Waals surface area contributed by atoms with Crippen molar-refractivity contribution in [3.05, 3.63) is 23.5 Å². The fraction of sp³-hybridized carbons (Fsp3) is 0.700. The molecule has 0 bridgehead atoms. The van der Waals surface area contributed by atoms with Crippen molar-refractivity contribution in [2.24, 2.45) is 20.8 Å². The molecule has 2 atom stereocenters. The van der Waals surface area contributed by atoms with E-state index >= 15 is 0 Å². The molecule has 2 aliphatic rings. The van der Waals surface area contributed by atoms with Crippen LogP contribution in [0.4, 0.5) is 0 Å². The summed E-state index contributed by atoms with van der Waals surface area (Å²) in [6.45, 7) is 14.6. The van der Waals surface area contributed by atoms with E-state index in [9.17, 15) is 0 Å². The van der Waals surface area contributed by atoms with Crippen molar-refractivity contribution in [2.75, 3.05) is 13.2 Å². The Hall–Kier alpha value is -1.78. The highest BCUT2D eigenvalue weighted by molar-refractivity contribution is 5.81. The molecule has 5 heteroatoms. The lowest BCUT2D eigenvalue weighted by Gasteiger charge is -2.21. The zero-order chi connectivity index (χ0) is 18.2.